The van der Waals surface area contributed by atoms with Gasteiger partial charge in [0.1, 0.15) is 5.69 Å². The standard InChI is InChI=1S/C41H47ClN6O5S2/c1-45(2)28-34(29-54-36-9-4-3-5-10-36)43-39-21-20-37(26-40(39)48(50)51)55(52,53)44-41(49)31-14-18-35(19-15-31)47-24-22-46(23-25-47)27-32-8-6-7-11-38(32)30-12-16-33(42)17-13-30/h3-5,9-10,12-21,26,34,43H,6-8,11,22-25,27-29H2,1-2H3,(H,44,49)/t34-/m1/s1. The summed E-state index contributed by atoms with van der Waals surface area (Å²) in [6, 6.07) is 28.3. The zero-order valence-corrected chi connectivity index (χ0v) is 33.5. The van der Waals surface area contributed by atoms with Gasteiger partial charge < -0.3 is 15.1 Å². The number of nitro groups is 1. The lowest BCUT2D eigenvalue weighted by Crippen LogP contribution is -2.47. The molecule has 0 radical (unpaired) electrons. The summed E-state index contributed by atoms with van der Waals surface area (Å²) in [6.45, 7) is 5.01. The molecule has 1 saturated heterocycles. The van der Waals surface area contributed by atoms with Crippen molar-refractivity contribution in [3.63, 3.8) is 0 Å². The van der Waals surface area contributed by atoms with Crippen LogP contribution in [0.5, 0.6) is 0 Å². The Kier molecular flexibility index (Phi) is 13.5. The summed E-state index contributed by atoms with van der Waals surface area (Å²) in [7, 11) is -0.585. The summed E-state index contributed by atoms with van der Waals surface area (Å²) >= 11 is 7.76. The van der Waals surface area contributed by atoms with Crippen LogP contribution < -0.4 is 14.9 Å². The number of hydrogen-bond acceptors (Lipinski definition) is 10. The normalized spacial score (nSPS) is 15.9. The minimum absolute atomic E-state index is 0.167. The third-order valence-corrected chi connectivity index (χ3v) is 12.7. The maximum absolute atomic E-state index is 13.3. The fraction of sp³-hybridized carbons (Fsp3) is 0.341. The van der Waals surface area contributed by atoms with Gasteiger partial charge in [0.25, 0.3) is 21.6 Å². The highest BCUT2D eigenvalue weighted by Crippen LogP contribution is 2.34. The first kappa shape index (κ1) is 40.3. The number of halogens is 1. The van der Waals surface area contributed by atoms with E-state index >= 15 is 0 Å². The van der Waals surface area contributed by atoms with Gasteiger partial charge in [-0.1, -0.05) is 47.5 Å². The van der Waals surface area contributed by atoms with Crippen LogP contribution >= 0.6 is 23.4 Å². The number of thioether (sulfide) groups is 1. The van der Waals surface area contributed by atoms with Gasteiger partial charge in [0, 0.05) is 78.3 Å². The van der Waals surface area contributed by atoms with Crippen molar-refractivity contribution in [3.05, 3.63) is 129 Å². The Morgan fingerprint density at radius 3 is 2.29 bits per heavy atom. The van der Waals surface area contributed by atoms with Crippen molar-refractivity contribution in [3.8, 4) is 0 Å². The number of anilines is 2. The molecule has 11 nitrogen and oxygen atoms in total. The number of carbonyl (C=O) groups excluding carboxylic acids is 1. The minimum Gasteiger partial charge on any atom is -0.375 e. The third-order valence-electron chi connectivity index (χ3n) is 9.90. The van der Waals surface area contributed by atoms with Gasteiger partial charge in [-0.05, 0) is 112 Å². The van der Waals surface area contributed by atoms with Crippen molar-refractivity contribution < 1.29 is 18.1 Å². The van der Waals surface area contributed by atoms with Gasteiger partial charge in [0.2, 0.25) is 0 Å². The van der Waals surface area contributed by atoms with E-state index in [4.69, 9.17) is 11.6 Å². The Balaban J connectivity index is 1.06. The summed E-state index contributed by atoms with van der Waals surface area (Å²) in [6.07, 6.45) is 4.62. The van der Waals surface area contributed by atoms with Crippen LogP contribution in [-0.4, -0.2) is 94.2 Å². The molecular formula is C41H47ClN6O5S2. The van der Waals surface area contributed by atoms with Crippen LogP contribution in [0.4, 0.5) is 17.1 Å². The molecule has 1 aliphatic heterocycles. The molecule has 2 N–H and O–H groups in total. The molecule has 4 aromatic carbocycles. The zero-order chi connectivity index (χ0) is 39.0. The monoisotopic (exact) mass is 802 g/mol. The Bertz CT molecular complexity index is 2090. The van der Waals surface area contributed by atoms with Crippen molar-refractivity contribution >= 4 is 61.9 Å². The molecular weight excluding hydrogens is 756 g/mol. The van der Waals surface area contributed by atoms with Crippen molar-refractivity contribution in [2.75, 3.05) is 69.3 Å². The molecule has 290 valence electrons. The van der Waals surface area contributed by atoms with Crippen LogP contribution in [0.2, 0.25) is 5.02 Å². The smallest absolute Gasteiger partial charge is 0.293 e. The number of nitrogens with zero attached hydrogens (tertiary/aromatic N) is 4. The number of benzene rings is 4. The Morgan fingerprint density at radius 2 is 1.62 bits per heavy atom. The number of hydrogen-bond donors (Lipinski definition) is 2. The largest absolute Gasteiger partial charge is 0.375 e. The van der Waals surface area contributed by atoms with Crippen LogP contribution in [0.1, 0.15) is 41.6 Å². The Morgan fingerprint density at radius 1 is 0.927 bits per heavy atom. The second kappa shape index (κ2) is 18.5. The molecule has 4 aromatic rings. The summed E-state index contributed by atoms with van der Waals surface area (Å²) in [5, 5.41) is 16.1. The van der Waals surface area contributed by atoms with Crippen LogP contribution in [0.15, 0.2) is 112 Å². The lowest BCUT2D eigenvalue weighted by Gasteiger charge is -2.37. The molecule has 0 spiro atoms. The number of piperazine rings is 1. The molecule has 1 atom stereocenters. The second-order valence-corrected chi connectivity index (χ2v) is 17.4. The molecule has 1 aliphatic carbocycles. The van der Waals surface area contributed by atoms with Crippen molar-refractivity contribution in [1.29, 1.82) is 0 Å². The first-order chi connectivity index (χ1) is 26.4. The van der Waals surface area contributed by atoms with Crippen molar-refractivity contribution in [1.82, 2.24) is 14.5 Å². The molecule has 0 aromatic heterocycles. The number of nitrogens with one attached hydrogen (secondary N) is 2. The van der Waals surface area contributed by atoms with Gasteiger partial charge in [-0.25, -0.2) is 13.1 Å². The lowest BCUT2D eigenvalue weighted by atomic mass is 9.87. The van der Waals surface area contributed by atoms with Gasteiger partial charge in [-0.2, -0.15) is 0 Å². The Labute approximate surface area is 332 Å². The molecule has 55 heavy (non-hydrogen) atoms. The van der Waals surface area contributed by atoms with Gasteiger partial charge in [-0.15, -0.1) is 11.8 Å². The summed E-state index contributed by atoms with van der Waals surface area (Å²) < 4.78 is 28.7. The van der Waals surface area contributed by atoms with Gasteiger partial charge in [0.05, 0.1) is 9.82 Å². The predicted molar refractivity (Wildman–Crippen MR) is 223 cm³/mol. The highest BCUT2D eigenvalue weighted by atomic mass is 35.5. The highest BCUT2D eigenvalue weighted by Gasteiger charge is 2.26. The quantitative estimate of drug-likeness (QED) is 0.0703. The van der Waals surface area contributed by atoms with Crippen molar-refractivity contribution in [2.45, 2.75) is 41.5 Å². The minimum atomic E-state index is -4.42. The van der Waals surface area contributed by atoms with E-state index in [0.717, 1.165) is 67.2 Å². The first-order valence-electron chi connectivity index (χ1n) is 18.4. The van der Waals surface area contributed by atoms with E-state index < -0.39 is 26.5 Å². The topological polar surface area (TPSA) is 128 Å². The number of sulfonamides is 1. The molecule has 2 aliphatic rings. The number of nitro benzene ring substituents is 1. The SMILES string of the molecule is CN(C)C[C@H](CSc1ccccc1)Nc1ccc(S(=O)(=O)NC(=O)c2ccc(N3CCN(CC4=C(c5ccc(Cl)cc5)CCCC4)CC3)cc2)cc1[N+](=O)[O-]. The molecule has 0 saturated carbocycles. The van der Waals surface area contributed by atoms with Crippen LogP contribution in [0, 0.1) is 10.1 Å². The van der Waals surface area contributed by atoms with E-state index in [1.54, 1.807) is 23.9 Å². The maximum Gasteiger partial charge on any atom is 0.293 e. The molecule has 0 unspecified atom stereocenters. The van der Waals surface area contributed by atoms with E-state index in [0.29, 0.717) is 12.3 Å². The summed E-state index contributed by atoms with van der Waals surface area (Å²) in [4.78, 5) is 32.1. The molecule has 1 fully saturated rings. The van der Waals surface area contributed by atoms with E-state index in [-0.39, 0.29) is 22.2 Å². The van der Waals surface area contributed by atoms with E-state index in [2.05, 4.69) is 32.0 Å². The number of amides is 1. The average Bonchev–Trinajstić information content (AvgIpc) is 3.18. The predicted octanol–water partition coefficient (Wildman–Crippen LogP) is 7.65. The maximum atomic E-state index is 13.3. The van der Waals surface area contributed by atoms with Crippen LogP contribution in [0.25, 0.3) is 5.57 Å². The molecule has 6 rings (SSSR count). The van der Waals surface area contributed by atoms with Gasteiger partial charge in [0.15, 0.2) is 0 Å². The van der Waals surface area contributed by atoms with E-state index in [1.165, 1.54) is 41.7 Å². The van der Waals surface area contributed by atoms with E-state index in [1.807, 2.05) is 73.6 Å². The van der Waals surface area contributed by atoms with Crippen LogP contribution in [0.3, 0.4) is 0 Å². The second-order valence-electron chi connectivity index (χ2n) is 14.2. The summed E-state index contributed by atoms with van der Waals surface area (Å²) in [5.41, 5.74) is 5.14. The number of rotatable bonds is 15. The molecule has 1 heterocycles. The molecule has 0 bridgehead atoms. The zero-order valence-electron chi connectivity index (χ0n) is 31.1. The fourth-order valence-electron chi connectivity index (χ4n) is 7.11. The Hall–Kier alpha value is -4.40. The number of likely N-dealkylation sites (N-methyl/N-ethyl adjacent to an activating group) is 1. The number of carbonyl (C=O) groups is 1. The fourth-order valence-corrected chi connectivity index (χ4v) is 9.16. The van der Waals surface area contributed by atoms with E-state index in [9.17, 15) is 23.3 Å². The summed E-state index contributed by atoms with van der Waals surface area (Å²) in [5.74, 6) is -0.197. The first-order valence-corrected chi connectivity index (χ1v) is 21.3. The van der Waals surface area contributed by atoms with Gasteiger partial charge >= 0.3 is 0 Å². The third kappa shape index (κ3) is 10.9. The number of allylic oxidation sites excluding steroid dienone is 1. The molecule has 14 heteroatoms. The average molecular weight is 803 g/mol. The highest BCUT2D eigenvalue weighted by molar-refractivity contribution is 7.99. The van der Waals surface area contributed by atoms with Gasteiger partial charge in [-0.3, -0.25) is 19.8 Å². The van der Waals surface area contributed by atoms with Crippen molar-refractivity contribution in [2.24, 2.45) is 0 Å². The molecule has 1 amide bonds. The van der Waals surface area contributed by atoms with Crippen LogP contribution in [-0.2, 0) is 10.0 Å². The lowest BCUT2D eigenvalue weighted by molar-refractivity contribution is -0.384.